The van der Waals surface area contributed by atoms with E-state index in [1.165, 1.54) is 0 Å². The van der Waals surface area contributed by atoms with Crippen molar-refractivity contribution in [2.24, 2.45) is 0 Å². The number of nitrogens with zero attached hydrogens (tertiary/aromatic N) is 4. The molecule has 0 unspecified atom stereocenters. The third-order valence-corrected chi connectivity index (χ3v) is 4.53. The molecule has 2 aliphatic heterocycles. The maximum atomic E-state index is 6.12. The summed E-state index contributed by atoms with van der Waals surface area (Å²) in [4.78, 5) is 7.25. The van der Waals surface area contributed by atoms with Crippen molar-refractivity contribution >= 4 is 11.5 Å². The summed E-state index contributed by atoms with van der Waals surface area (Å²) in [6, 6.07) is 0.588. The topological polar surface area (TPSA) is 51.9 Å². The fraction of sp³-hybridized carbons (Fsp3) is 0.625. The maximum absolute atomic E-state index is 6.12. The average molecular weight is 302 g/mol. The van der Waals surface area contributed by atoms with E-state index >= 15 is 0 Å². The first-order chi connectivity index (χ1) is 10.6. The highest BCUT2D eigenvalue weighted by Gasteiger charge is 2.42. The van der Waals surface area contributed by atoms with Gasteiger partial charge in [-0.2, -0.15) is 5.10 Å². The van der Waals surface area contributed by atoms with Crippen LogP contribution in [0.3, 0.4) is 0 Å². The van der Waals surface area contributed by atoms with Crippen LogP contribution in [0.25, 0.3) is 5.65 Å². The molecule has 0 aliphatic carbocycles. The Bertz CT molecular complexity index is 709. The van der Waals surface area contributed by atoms with Gasteiger partial charge in [0.25, 0.3) is 0 Å². The molecule has 1 fully saturated rings. The lowest BCUT2D eigenvalue weighted by molar-refractivity contribution is 0.135. The van der Waals surface area contributed by atoms with Crippen molar-refractivity contribution < 1.29 is 9.47 Å². The predicted octanol–water partition coefficient (Wildman–Crippen LogP) is 2.23. The molecule has 0 spiro atoms. The second-order valence-corrected chi connectivity index (χ2v) is 6.71. The van der Waals surface area contributed by atoms with Crippen LogP contribution in [0.5, 0.6) is 5.75 Å². The molecular weight excluding hydrogens is 280 g/mol. The molecule has 0 aromatic carbocycles. The molecule has 0 saturated carbocycles. The van der Waals surface area contributed by atoms with Gasteiger partial charge in [0.1, 0.15) is 6.10 Å². The number of rotatable bonds is 2. The third kappa shape index (κ3) is 1.90. The minimum atomic E-state index is 0.0780. The minimum absolute atomic E-state index is 0.0780. The summed E-state index contributed by atoms with van der Waals surface area (Å²) in [5.74, 6) is 2.10. The third-order valence-electron chi connectivity index (χ3n) is 4.53. The first-order valence-electron chi connectivity index (χ1n) is 7.97. The van der Waals surface area contributed by atoms with Gasteiger partial charge in [-0.25, -0.2) is 9.50 Å². The van der Waals surface area contributed by atoms with Crippen molar-refractivity contribution in [2.45, 2.75) is 51.8 Å². The lowest BCUT2D eigenvalue weighted by atomic mass is 10.1. The molecule has 0 amide bonds. The van der Waals surface area contributed by atoms with E-state index in [1.54, 1.807) is 0 Å². The zero-order chi connectivity index (χ0) is 15.4. The van der Waals surface area contributed by atoms with Crippen LogP contribution >= 0.6 is 0 Å². The van der Waals surface area contributed by atoms with Gasteiger partial charge in [-0.15, -0.1) is 0 Å². The van der Waals surface area contributed by atoms with E-state index in [2.05, 4.69) is 37.7 Å². The molecule has 6 nitrogen and oxygen atoms in total. The number of aromatic nitrogens is 3. The Morgan fingerprint density at radius 1 is 1.23 bits per heavy atom. The standard InChI is InChI=1S/C16H22N4O2/c1-9(2)11-5-17-19-6-13-16(18-15(11)19)20(10(3)4)12-7-21-8-14(12)22-13/h5-6,9-10,12,14H,7-8H2,1-4H3/t12-,14-/m0/s1. The normalized spacial score (nSPS) is 24.0. The van der Waals surface area contributed by atoms with E-state index in [9.17, 15) is 0 Å². The molecule has 22 heavy (non-hydrogen) atoms. The van der Waals surface area contributed by atoms with Crippen LogP contribution in [-0.2, 0) is 4.74 Å². The van der Waals surface area contributed by atoms with Crippen LogP contribution < -0.4 is 9.64 Å². The zero-order valence-corrected chi connectivity index (χ0v) is 13.5. The van der Waals surface area contributed by atoms with Gasteiger partial charge in [0.05, 0.1) is 31.6 Å². The van der Waals surface area contributed by atoms with E-state index in [-0.39, 0.29) is 12.1 Å². The van der Waals surface area contributed by atoms with Crippen LogP contribution in [0.2, 0.25) is 0 Å². The van der Waals surface area contributed by atoms with Crippen molar-refractivity contribution in [3.8, 4) is 5.75 Å². The van der Waals surface area contributed by atoms with Crippen LogP contribution in [0.4, 0.5) is 5.82 Å². The molecule has 2 aliphatic rings. The van der Waals surface area contributed by atoms with Crippen LogP contribution in [-0.4, -0.2) is 46.0 Å². The Balaban J connectivity index is 1.90. The fourth-order valence-corrected chi connectivity index (χ4v) is 3.42. The summed E-state index contributed by atoms with van der Waals surface area (Å²) < 4.78 is 13.6. The highest BCUT2D eigenvalue weighted by atomic mass is 16.6. The number of anilines is 1. The molecule has 6 heteroatoms. The molecule has 0 radical (unpaired) electrons. The van der Waals surface area contributed by atoms with Gasteiger partial charge in [-0.05, 0) is 19.8 Å². The van der Waals surface area contributed by atoms with Crippen molar-refractivity contribution in [1.82, 2.24) is 14.6 Å². The Kier molecular flexibility index (Phi) is 3.04. The highest BCUT2D eigenvalue weighted by Crippen LogP contribution is 2.38. The lowest BCUT2D eigenvalue weighted by Crippen LogP contribution is -2.52. The Morgan fingerprint density at radius 2 is 2.05 bits per heavy atom. The quantitative estimate of drug-likeness (QED) is 0.851. The smallest absolute Gasteiger partial charge is 0.180 e. The molecule has 4 rings (SSSR count). The second-order valence-electron chi connectivity index (χ2n) is 6.71. The van der Waals surface area contributed by atoms with Gasteiger partial charge >= 0.3 is 0 Å². The molecular formula is C16H22N4O2. The molecule has 2 aromatic heterocycles. The Labute approximate surface area is 130 Å². The first-order valence-corrected chi connectivity index (χ1v) is 7.97. The largest absolute Gasteiger partial charge is 0.480 e. The zero-order valence-electron chi connectivity index (χ0n) is 13.5. The molecule has 2 atom stereocenters. The fourth-order valence-electron chi connectivity index (χ4n) is 3.42. The van der Waals surface area contributed by atoms with Crippen molar-refractivity contribution in [1.29, 1.82) is 0 Å². The molecule has 4 heterocycles. The number of fused-ring (bicyclic) bond motifs is 3. The summed E-state index contributed by atoms with van der Waals surface area (Å²) in [6.45, 7) is 10.0. The molecule has 0 bridgehead atoms. The van der Waals surface area contributed by atoms with Gasteiger partial charge < -0.3 is 14.4 Å². The minimum Gasteiger partial charge on any atom is -0.480 e. The molecule has 0 N–H and O–H groups in total. The van der Waals surface area contributed by atoms with Gasteiger partial charge in [-0.3, -0.25) is 0 Å². The van der Waals surface area contributed by atoms with E-state index in [0.717, 1.165) is 22.8 Å². The summed E-state index contributed by atoms with van der Waals surface area (Å²) in [5.41, 5.74) is 2.08. The van der Waals surface area contributed by atoms with E-state index in [4.69, 9.17) is 14.5 Å². The molecule has 1 saturated heterocycles. The number of hydrogen-bond donors (Lipinski definition) is 0. The van der Waals surface area contributed by atoms with Gasteiger partial charge in [-0.1, -0.05) is 13.8 Å². The van der Waals surface area contributed by atoms with Crippen molar-refractivity contribution in [3.63, 3.8) is 0 Å². The van der Waals surface area contributed by atoms with Gasteiger partial charge in [0, 0.05) is 11.6 Å². The first kappa shape index (κ1) is 13.8. The lowest BCUT2D eigenvalue weighted by Gasteiger charge is -2.40. The van der Waals surface area contributed by atoms with E-state index in [1.807, 2.05) is 16.9 Å². The number of ether oxygens (including phenoxy) is 2. The van der Waals surface area contributed by atoms with Crippen molar-refractivity contribution in [3.05, 3.63) is 18.0 Å². The number of hydrogen-bond acceptors (Lipinski definition) is 5. The van der Waals surface area contributed by atoms with Crippen molar-refractivity contribution in [2.75, 3.05) is 18.1 Å². The molecule has 118 valence electrons. The van der Waals surface area contributed by atoms with E-state index in [0.29, 0.717) is 25.2 Å². The summed E-state index contributed by atoms with van der Waals surface area (Å²) in [5, 5.41) is 4.43. The Morgan fingerprint density at radius 3 is 2.77 bits per heavy atom. The van der Waals surface area contributed by atoms with Gasteiger partial charge in [0.2, 0.25) is 0 Å². The monoisotopic (exact) mass is 302 g/mol. The summed E-state index contributed by atoms with van der Waals surface area (Å²) >= 11 is 0. The average Bonchev–Trinajstić information content (AvgIpc) is 3.07. The SMILES string of the molecule is CC(C)c1cnn2cc3c(nc12)N(C(C)C)[C@H]1COC[C@@H]1O3. The second kappa shape index (κ2) is 4.84. The van der Waals surface area contributed by atoms with E-state index < -0.39 is 0 Å². The van der Waals surface area contributed by atoms with Gasteiger partial charge in [0.15, 0.2) is 17.2 Å². The van der Waals surface area contributed by atoms with Crippen LogP contribution in [0.15, 0.2) is 12.4 Å². The molecule has 2 aromatic rings. The predicted molar refractivity (Wildman–Crippen MR) is 83.7 cm³/mol. The Hall–Kier alpha value is -1.82. The highest BCUT2D eigenvalue weighted by molar-refractivity contribution is 5.62. The maximum Gasteiger partial charge on any atom is 0.180 e. The van der Waals surface area contributed by atoms with Crippen LogP contribution in [0, 0.1) is 0 Å². The summed E-state index contributed by atoms with van der Waals surface area (Å²) in [6.07, 6.45) is 3.93. The summed E-state index contributed by atoms with van der Waals surface area (Å²) in [7, 11) is 0. The van der Waals surface area contributed by atoms with Crippen LogP contribution in [0.1, 0.15) is 39.2 Å².